The van der Waals surface area contributed by atoms with Crippen molar-refractivity contribution in [1.29, 1.82) is 0 Å². The van der Waals surface area contributed by atoms with Crippen LogP contribution in [0.5, 0.6) is 0 Å². The monoisotopic (exact) mass is 230 g/mol. The quantitative estimate of drug-likeness (QED) is 0.645. The van der Waals surface area contributed by atoms with Crippen molar-refractivity contribution in [2.24, 2.45) is 5.41 Å². The van der Waals surface area contributed by atoms with Gasteiger partial charge in [0.2, 0.25) is 5.91 Å². The summed E-state index contributed by atoms with van der Waals surface area (Å²) in [5.74, 6) is 0.0559. The Morgan fingerprint density at radius 3 is 2.50 bits per heavy atom. The normalized spacial score (nSPS) is 13.6. The lowest BCUT2D eigenvalue weighted by atomic mass is 9.96. The molecule has 16 heavy (non-hydrogen) atoms. The molecule has 0 fully saturated rings. The largest absolute Gasteiger partial charge is 0.385 e. The van der Waals surface area contributed by atoms with Crippen LogP contribution in [0.15, 0.2) is 0 Å². The van der Waals surface area contributed by atoms with Gasteiger partial charge in [-0.05, 0) is 18.8 Å². The Bertz CT molecular complexity index is 200. The summed E-state index contributed by atoms with van der Waals surface area (Å²) in [5.41, 5.74) is 0.199. The molecule has 0 aromatic carbocycles. The minimum absolute atomic E-state index is 0.0559. The molecule has 0 heterocycles. The predicted octanol–water partition coefficient (Wildman–Crippen LogP) is 1.16. The van der Waals surface area contributed by atoms with E-state index in [0.29, 0.717) is 13.2 Å². The van der Waals surface area contributed by atoms with E-state index in [1.165, 1.54) is 0 Å². The molecule has 1 amide bonds. The molecule has 0 aliphatic heterocycles. The highest BCUT2D eigenvalue weighted by Crippen LogP contribution is 2.10. The van der Waals surface area contributed by atoms with Crippen molar-refractivity contribution < 1.29 is 9.53 Å². The van der Waals surface area contributed by atoms with Gasteiger partial charge in [0, 0.05) is 26.8 Å². The molecule has 96 valence electrons. The molecule has 0 aromatic heterocycles. The summed E-state index contributed by atoms with van der Waals surface area (Å²) in [4.78, 5) is 11.6. The predicted molar refractivity (Wildman–Crippen MR) is 66.4 cm³/mol. The van der Waals surface area contributed by atoms with Gasteiger partial charge in [0.25, 0.3) is 0 Å². The highest BCUT2D eigenvalue weighted by molar-refractivity contribution is 5.81. The number of nitrogens with one attached hydrogen (secondary N) is 2. The Labute approximate surface area is 99.1 Å². The highest BCUT2D eigenvalue weighted by atomic mass is 16.5. The molecular formula is C12H26N2O2. The van der Waals surface area contributed by atoms with Crippen molar-refractivity contribution in [3.05, 3.63) is 0 Å². The van der Waals surface area contributed by atoms with Gasteiger partial charge < -0.3 is 15.4 Å². The maximum Gasteiger partial charge on any atom is 0.236 e. The van der Waals surface area contributed by atoms with Gasteiger partial charge in [-0.2, -0.15) is 0 Å². The molecule has 0 aliphatic carbocycles. The third-order valence-corrected chi connectivity index (χ3v) is 2.16. The van der Waals surface area contributed by atoms with Crippen LogP contribution in [0.4, 0.5) is 0 Å². The van der Waals surface area contributed by atoms with E-state index >= 15 is 0 Å². The Hall–Kier alpha value is -0.610. The molecule has 0 saturated heterocycles. The zero-order valence-electron chi connectivity index (χ0n) is 11.2. The Balaban J connectivity index is 3.65. The first-order valence-electron chi connectivity index (χ1n) is 5.87. The molecule has 0 spiro atoms. The van der Waals surface area contributed by atoms with Crippen LogP contribution in [0.1, 0.15) is 34.1 Å². The Kier molecular flexibility index (Phi) is 7.34. The lowest BCUT2D eigenvalue weighted by Crippen LogP contribution is -2.45. The zero-order valence-corrected chi connectivity index (χ0v) is 11.2. The van der Waals surface area contributed by atoms with E-state index in [2.05, 4.69) is 31.4 Å². The smallest absolute Gasteiger partial charge is 0.236 e. The maximum absolute atomic E-state index is 11.6. The van der Waals surface area contributed by atoms with Gasteiger partial charge >= 0.3 is 0 Å². The molecule has 0 bridgehead atoms. The van der Waals surface area contributed by atoms with Crippen molar-refractivity contribution >= 4 is 5.91 Å². The van der Waals surface area contributed by atoms with Gasteiger partial charge in [-0.1, -0.05) is 20.8 Å². The van der Waals surface area contributed by atoms with Crippen LogP contribution in [0.25, 0.3) is 0 Å². The van der Waals surface area contributed by atoms with Crippen molar-refractivity contribution in [3.63, 3.8) is 0 Å². The first kappa shape index (κ1) is 15.4. The zero-order chi connectivity index (χ0) is 12.6. The molecule has 4 nitrogen and oxygen atoms in total. The van der Waals surface area contributed by atoms with Crippen molar-refractivity contribution in [2.45, 2.75) is 40.2 Å². The van der Waals surface area contributed by atoms with Crippen molar-refractivity contribution in [1.82, 2.24) is 10.6 Å². The fourth-order valence-electron chi connectivity index (χ4n) is 1.13. The minimum Gasteiger partial charge on any atom is -0.385 e. The highest BCUT2D eigenvalue weighted by Gasteiger charge is 2.15. The molecule has 1 atom stereocenters. The van der Waals surface area contributed by atoms with E-state index in [9.17, 15) is 4.79 Å². The number of amides is 1. The maximum atomic E-state index is 11.6. The molecule has 0 rings (SSSR count). The fourth-order valence-corrected chi connectivity index (χ4v) is 1.13. The van der Waals surface area contributed by atoms with Gasteiger partial charge in [0.05, 0.1) is 6.04 Å². The van der Waals surface area contributed by atoms with Crippen LogP contribution in [-0.4, -0.2) is 38.8 Å². The molecule has 0 aliphatic rings. The average Bonchev–Trinajstić information content (AvgIpc) is 2.19. The summed E-state index contributed by atoms with van der Waals surface area (Å²) in [7, 11) is 1.66. The summed E-state index contributed by atoms with van der Waals surface area (Å²) < 4.78 is 4.91. The minimum atomic E-state index is -0.137. The Morgan fingerprint density at radius 2 is 2.00 bits per heavy atom. The number of ether oxygens (including phenoxy) is 1. The molecule has 0 saturated carbocycles. The SMILES string of the molecule is COCCCNC(=O)C(C)NCC(C)(C)C. The average molecular weight is 230 g/mol. The van der Waals surface area contributed by atoms with Gasteiger partial charge in [0.15, 0.2) is 0 Å². The first-order valence-corrected chi connectivity index (χ1v) is 5.87. The number of carbonyl (C=O) groups excluding carboxylic acids is 1. The van der Waals surface area contributed by atoms with Crippen LogP contribution in [-0.2, 0) is 9.53 Å². The van der Waals surface area contributed by atoms with E-state index in [1.807, 2.05) is 6.92 Å². The van der Waals surface area contributed by atoms with E-state index < -0.39 is 0 Å². The standard InChI is InChI=1S/C12H26N2O2/c1-10(14-9-12(2,3)4)11(15)13-7-6-8-16-5/h10,14H,6-9H2,1-5H3,(H,13,15). The van der Waals surface area contributed by atoms with Crippen molar-refractivity contribution in [3.8, 4) is 0 Å². The third kappa shape index (κ3) is 8.68. The number of carbonyl (C=O) groups is 1. The topological polar surface area (TPSA) is 50.4 Å². The fraction of sp³-hybridized carbons (Fsp3) is 0.917. The molecule has 0 aromatic rings. The number of rotatable bonds is 7. The first-order chi connectivity index (χ1) is 7.37. The summed E-state index contributed by atoms with van der Waals surface area (Å²) in [6.07, 6.45) is 0.855. The van der Waals surface area contributed by atoms with E-state index in [0.717, 1.165) is 13.0 Å². The molecule has 1 unspecified atom stereocenters. The van der Waals surface area contributed by atoms with Gasteiger partial charge in [-0.3, -0.25) is 4.79 Å². The molecule has 2 N–H and O–H groups in total. The lowest BCUT2D eigenvalue weighted by Gasteiger charge is -2.22. The molecule has 4 heteroatoms. The summed E-state index contributed by atoms with van der Waals surface area (Å²) in [5, 5.41) is 6.09. The van der Waals surface area contributed by atoms with Crippen LogP contribution in [0, 0.1) is 5.41 Å². The third-order valence-electron chi connectivity index (χ3n) is 2.16. The van der Waals surface area contributed by atoms with Crippen LogP contribution in [0.3, 0.4) is 0 Å². The van der Waals surface area contributed by atoms with Crippen molar-refractivity contribution in [2.75, 3.05) is 26.8 Å². The second-order valence-electron chi connectivity index (χ2n) is 5.30. The Morgan fingerprint density at radius 1 is 1.38 bits per heavy atom. The van der Waals surface area contributed by atoms with Gasteiger partial charge in [-0.25, -0.2) is 0 Å². The summed E-state index contributed by atoms with van der Waals surface area (Å²) >= 11 is 0. The summed E-state index contributed by atoms with van der Waals surface area (Å²) in [6, 6.07) is -0.137. The number of hydrogen-bond acceptors (Lipinski definition) is 3. The van der Waals surface area contributed by atoms with Gasteiger partial charge in [0.1, 0.15) is 0 Å². The summed E-state index contributed by atoms with van der Waals surface area (Å²) in [6.45, 7) is 10.5. The van der Waals surface area contributed by atoms with E-state index in [4.69, 9.17) is 4.74 Å². The number of methoxy groups -OCH3 is 1. The van der Waals surface area contributed by atoms with Crippen LogP contribution in [0.2, 0.25) is 0 Å². The van der Waals surface area contributed by atoms with Crippen LogP contribution < -0.4 is 10.6 Å². The van der Waals surface area contributed by atoms with E-state index in [-0.39, 0.29) is 17.4 Å². The van der Waals surface area contributed by atoms with E-state index in [1.54, 1.807) is 7.11 Å². The second-order valence-corrected chi connectivity index (χ2v) is 5.30. The molecular weight excluding hydrogens is 204 g/mol. The van der Waals surface area contributed by atoms with Gasteiger partial charge in [-0.15, -0.1) is 0 Å². The second kappa shape index (κ2) is 7.63. The number of hydrogen-bond donors (Lipinski definition) is 2. The molecule has 0 radical (unpaired) electrons. The lowest BCUT2D eigenvalue weighted by molar-refractivity contribution is -0.122. The van der Waals surface area contributed by atoms with Crippen LogP contribution >= 0.6 is 0 Å².